The number of hydrogen-bond donors (Lipinski definition) is 5. The number of nitrogens with zero attached hydrogens (tertiary/aromatic N) is 1. The van der Waals surface area contributed by atoms with Crippen LogP contribution in [-0.4, -0.2) is 101 Å². The quantitative estimate of drug-likeness (QED) is 0.361. The lowest BCUT2D eigenvalue weighted by Gasteiger charge is -2.45. The molecule has 2 fully saturated rings. The molecule has 0 aliphatic carbocycles. The first-order valence-corrected chi connectivity index (χ1v) is 9.67. The summed E-state index contributed by atoms with van der Waals surface area (Å²) in [6.45, 7) is 1.72. The van der Waals surface area contributed by atoms with Gasteiger partial charge >= 0.3 is 5.97 Å². The Morgan fingerprint density at radius 2 is 1.83 bits per heavy atom. The molecule has 0 unspecified atom stereocenters. The molecule has 0 amide bonds. The minimum Gasteiger partial charge on any atom is -0.504 e. The van der Waals surface area contributed by atoms with Crippen LogP contribution < -0.4 is 4.74 Å². The van der Waals surface area contributed by atoms with E-state index in [1.807, 2.05) is 4.90 Å². The van der Waals surface area contributed by atoms with Crippen molar-refractivity contribution in [2.75, 3.05) is 40.0 Å². The highest BCUT2D eigenvalue weighted by Gasteiger charge is 2.53. The van der Waals surface area contributed by atoms with Crippen molar-refractivity contribution in [3.63, 3.8) is 0 Å². The number of rotatable bonds is 4. The van der Waals surface area contributed by atoms with Crippen LogP contribution >= 0.6 is 0 Å². The Kier molecular flexibility index (Phi) is 5.75. The average Bonchev–Trinajstić information content (AvgIpc) is 2.74. The van der Waals surface area contributed by atoms with Gasteiger partial charge in [0.15, 0.2) is 17.6 Å². The molecule has 11 nitrogen and oxygen atoms in total. The highest BCUT2D eigenvalue weighted by molar-refractivity contribution is 5.97. The summed E-state index contributed by atoms with van der Waals surface area (Å²) in [5.74, 6) is -2.04. The number of methoxy groups -OCH3 is 1. The molecule has 1 aromatic rings. The summed E-state index contributed by atoms with van der Waals surface area (Å²) in [6.07, 6.45) is -6.67. The van der Waals surface area contributed by atoms with E-state index in [9.17, 15) is 30.3 Å². The van der Waals surface area contributed by atoms with Crippen LogP contribution in [0.5, 0.6) is 17.2 Å². The summed E-state index contributed by atoms with van der Waals surface area (Å²) in [5.41, 5.74) is 0.0899. The highest BCUT2D eigenvalue weighted by Crippen LogP contribution is 2.52. The Hall–Kier alpha value is -2.15. The molecule has 1 aromatic carbocycles. The zero-order valence-corrected chi connectivity index (χ0v) is 16.4. The van der Waals surface area contributed by atoms with Crippen molar-refractivity contribution in [2.45, 2.75) is 37.1 Å². The van der Waals surface area contributed by atoms with E-state index >= 15 is 0 Å². The van der Waals surface area contributed by atoms with Gasteiger partial charge in [0.25, 0.3) is 0 Å². The van der Waals surface area contributed by atoms with Gasteiger partial charge in [0.05, 0.1) is 32.5 Å². The topological polar surface area (TPSA) is 158 Å². The third-order valence-corrected chi connectivity index (χ3v) is 5.83. The molecule has 5 atom stereocenters. The summed E-state index contributed by atoms with van der Waals surface area (Å²) < 4.78 is 21.5. The van der Waals surface area contributed by atoms with Gasteiger partial charge in [-0.15, -0.1) is 0 Å². The van der Waals surface area contributed by atoms with Gasteiger partial charge in [-0.25, -0.2) is 4.79 Å². The zero-order valence-electron chi connectivity index (χ0n) is 16.4. The first kappa shape index (κ1) is 21.1. The third-order valence-electron chi connectivity index (χ3n) is 5.83. The number of morpholine rings is 1. The molecular formula is C19H25NO10. The van der Waals surface area contributed by atoms with Crippen LogP contribution in [0.4, 0.5) is 0 Å². The number of phenols is 2. The van der Waals surface area contributed by atoms with Gasteiger partial charge < -0.3 is 44.5 Å². The van der Waals surface area contributed by atoms with Gasteiger partial charge in [0, 0.05) is 30.8 Å². The Morgan fingerprint density at radius 3 is 2.47 bits per heavy atom. The second-order valence-electron chi connectivity index (χ2n) is 7.52. The van der Waals surface area contributed by atoms with Gasteiger partial charge in [0.2, 0.25) is 5.75 Å². The van der Waals surface area contributed by atoms with Gasteiger partial charge in [0.1, 0.15) is 24.4 Å². The first-order valence-electron chi connectivity index (χ1n) is 9.67. The maximum atomic E-state index is 12.9. The number of aliphatic hydroxyl groups excluding tert-OH is 3. The highest BCUT2D eigenvalue weighted by atomic mass is 16.6. The Labute approximate surface area is 172 Å². The van der Waals surface area contributed by atoms with Crippen LogP contribution in [0, 0.1) is 0 Å². The molecule has 5 N–H and O–H groups in total. The number of aliphatic hydroxyl groups is 3. The number of carbonyl (C=O) groups is 1. The van der Waals surface area contributed by atoms with E-state index in [-0.39, 0.29) is 29.0 Å². The maximum Gasteiger partial charge on any atom is 0.339 e. The molecule has 166 valence electrons. The standard InChI is InChI=1S/C19H25NO10/c1-27-17-12(22)8(6-20-2-4-28-5-3-20)10-11(14(17)24)16-18(30-19(10)26)15(25)13(23)9(7-21)29-16/h9,13,15-16,18,21-25H,2-7H2,1H3/t9-,13-,15+,16+,18-/m1/s1. The van der Waals surface area contributed by atoms with Gasteiger partial charge in [-0.2, -0.15) is 0 Å². The summed E-state index contributed by atoms with van der Waals surface area (Å²) in [5, 5.41) is 51.6. The van der Waals surface area contributed by atoms with Crippen molar-refractivity contribution in [2.24, 2.45) is 0 Å². The minimum absolute atomic E-state index is 0.0152. The normalized spacial score (nSPS) is 31.6. The van der Waals surface area contributed by atoms with Crippen molar-refractivity contribution in [3.8, 4) is 17.2 Å². The fraction of sp³-hybridized carbons (Fsp3) is 0.632. The predicted octanol–water partition coefficient (Wildman–Crippen LogP) is -1.37. The van der Waals surface area contributed by atoms with E-state index in [4.69, 9.17) is 18.9 Å². The largest absolute Gasteiger partial charge is 0.504 e. The van der Waals surface area contributed by atoms with Crippen molar-refractivity contribution in [1.82, 2.24) is 4.90 Å². The van der Waals surface area contributed by atoms with Crippen LogP contribution in [-0.2, 0) is 20.8 Å². The number of fused-ring (bicyclic) bond motifs is 3. The molecule has 30 heavy (non-hydrogen) atoms. The summed E-state index contributed by atoms with van der Waals surface area (Å²) in [6, 6.07) is 0. The monoisotopic (exact) mass is 427 g/mol. The van der Waals surface area contributed by atoms with Gasteiger partial charge in [-0.1, -0.05) is 0 Å². The van der Waals surface area contributed by atoms with Crippen molar-refractivity contribution < 1.29 is 49.3 Å². The van der Waals surface area contributed by atoms with E-state index < -0.39 is 54.6 Å². The average molecular weight is 427 g/mol. The smallest absolute Gasteiger partial charge is 0.339 e. The lowest BCUT2D eigenvalue weighted by Crippen LogP contribution is -2.58. The van der Waals surface area contributed by atoms with Crippen LogP contribution in [0.2, 0.25) is 0 Å². The van der Waals surface area contributed by atoms with Crippen LogP contribution in [0.15, 0.2) is 0 Å². The number of ether oxygens (including phenoxy) is 4. The molecule has 3 heterocycles. The number of carbonyl (C=O) groups excluding carboxylic acids is 1. The number of hydrogen-bond acceptors (Lipinski definition) is 11. The molecular weight excluding hydrogens is 402 g/mol. The summed E-state index contributed by atoms with van der Waals surface area (Å²) >= 11 is 0. The van der Waals surface area contributed by atoms with Crippen LogP contribution in [0.3, 0.4) is 0 Å². The number of aromatic hydroxyl groups is 2. The molecule has 4 rings (SSSR count). The van der Waals surface area contributed by atoms with E-state index in [0.717, 1.165) is 0 Å². The SMILES string of the molecule is COc1c(O)c(CN2CCOCC2)c2c(c1O)[C@@H]1O[C@H](CO)[C@@H](O)[C@H](O)[C@H]1OC2=O. The molecule has 3 aliphatic heterocycles. The Balaban J connectivity index is 1.85. The fourth-order valence-electron chi connectivity index (χ4n) is 4.25. The minimum atomic E-state index is -1.54. The molecule has 0 spiro atoms. The second-order valence-corrected chi connectivity index (χ2v) is 7.52. The Morgan fingerprint density at radius 1 is 1.13 bits per heavy atom. The zero-order chi connectivity index (χ0) is 21.6. The molecule has 0 saturated carbocycles. The Bertz CT molecular complexity index is 824. The lowest BCUT2D eigenvalue weighted by molar-refractivity contribution is -0.235. The van der Waals surface area contributed by atoms with Crippen molar-refractivity contribution in [1.29, 1.82) is 0 Å². The first-order chi connectivity index (χ1) is 14.4. The van der Waals surface area contributed by atoms with Gasteiger partial charge in [-0.3, -0.25) is 4.90 Å². The number of phenolic OH excluding ortho intramolecular Hbond substituents is 2. The molecule has 2 saturated heterocycles. The number of esters is 1. The molecule has 3 aliphatic rings. The fourth-order valence-corrected chi connectivity index (χ4v) is 4.25. The van der Waals surface area contributed by atoms with E-state index in [0.29, 0.717) is 26.3 Å². The molecule has 0 radical (unpaired) electrons. The number of benzene rings is 1. The van der Waals surface area contributed by atoms with Gasteiger partial charge in [-0.05, 0) is 0 Å². The molecule has 11 heteroatoms. The lowest BCUT2D eigenvalue weighted by atomic mass is 9.84. The van der Waals surface area contributed by atoms with E-state index in [1.165, 1.54) is 7.11 Å². The van der Waals surface area contributed by atoms with Crippen LogP contribution in [0.25, 0.3) is 0 Å². The van der Waals surface area contributed by atoms with E-state index in [2.05, 4.69) is 0 Å². The van der Waals surface area contributed by atoms with E-state index in [1.54, 1.807) is 0 Å². The third kappa shape index (κ3) is 3.27. The summed E-state index contributed by atoms with van der Waals surface area (Å²) in [7, 11) is 1.26. The predicted molar refractivity (Wildman–Crippen MR) is 98.3 cm³/mol. The summed E-state index contributed by atoms with van der Waals surface area (Å²) in [4.78, 5) is 14.8. The van der Waals surface area contributed by atoms with Crippen LogP contribution in [0.1, 0.15) is 27.6 Å². The van der Waals surface area contributed by atoms with Crippen molar-refractivity contribution >= 4 is 5.97 Å². The second kappa shape index (κ2) is 8.17. The molecule has 0 bridgehead atoms. The van der Waals surface area contributed by atoms with Crippen molar-refractivity contribution in [3.05, 3.63) is 16.7 Å². The molecule has 0 aromatic heterocycles. The maximum absolute atomic E-state index is 12.9.